The molecule has 0 heterocycles. The van der Waals surface area contributed by atoms with Crippen LogP contribution in [0, 0.1) is 0 Å². The lowest BCUT2D eigenvalue weighted by atomic mass is 11.5. The molecule has 6 heavy (non-hydrogen) atoms. The predicted octanol–water partition coefficient (Wildman–Crippen LogP) is -0.0239. The van der Waals surface area contributed by atoms with Crippen molar-refractivity contribution in [3.8, 4) is 0 Å². The van der Waals surface area contributed by atoms with Crippen LogP contribution < -0.4 is 0 Å². The molecular formula is CH2FNO2S. The van der Waals surface area contributed by atoms with Crippen molar-refractivity contribution >= 4 is 10.5 Å². The van der Waals surface area contributed by atoms with Crippen LogP contribution >= 0.6 is 0 Å². The van der Waals surface area contributed by atoms with Gasteiger partial charge < -0.3 is 0 Å². The Morgan fingerprint density at radius 1 is 1.67 bits per heavy atom. The van der Waals surface area contributed by atoms with Gasteiger partial charge in [0.2, 0.25) is 0 Å². The van der Waals surface area contributed by atoms with Crippen LogP contribution in [0.1, 0.15) is 0 Å². The van der Waals surface area contributed by atoms with Gasteiger partial charge in [0.25, 0.3) is 0 Å². The van der Waals surface area contributed by atoms with E-state index in [2.05, 4.69) is 4.36 Å². The smallest absolute Gasteiger partial charge is 0.224 e. The van der Waals surface area contributed by atoms with Crippen molar-refractivity contribution in [2.24, 2.45) is 4.36 Å². The highest BCUT2D eigenvalue weighted by Crippen LogP contribution is 1.63. The Balaban J connectivity index is 3.78. The summed E-state index contributed by atoms with van der Waals surface area (Å²) in [4.78, 5) is 0. The fourth-order valence-corrected chi connectivity index (χ4v) is 0.120. The van der Waals surface area contributed by atoms with Gasteiger partial charge in [-0.1, -0.05) is 0 Å². The summed E-state index contributed by atoms with van der Waals surface area (Å²) in [7, 11) is -2.57. The molecule has 0 fully saturated rings. The van der Waals surface area contributed by atoms with Gasteiger partial charge in [-0.15, -0.1) is 4.36 Å². The van der Waals surface area contributed by atoms with Crippen LogP contribution in [0.5, 0.6) is 0 Å². The third kappa shape index (κ3) is 3.55. The molecule has 0 aromatic heterocycles. The van der Waals surface area contributed by atoms with E-state index >= 15 is 0 Å². The molecule has 0 bridgehead atoms. The van der Waals surface area contributed by atoms with Crippen molar-refractivity contribution in [2.45, 2.75) is 0 Å². The molecule has 0 amide bonds. The third-order valence-electron chi connectivity index (χ3n) is 0.154. The SMILES string of the molecule is O=S(=O)=NCF. The average molecular weight is 111 g/mol. The minimum absolute atomic E-state index is 1.16. The zero-order chi connectivity index (χ0) is 4.99. The Kier molecular flexibility index (Phi) is 2.56. The van der Waals surface area contributed by atoms with Gasteiger partial charge in [-0.25, -0.2) is 4.39 Å². The van der Waals surface area contributed by atoms with Gasteiger partial charge in [-0.3, -0.25) is 0 Å². The van der Waals surface area contributed by atoms with E-state index in [1.165, 1.54) is 0 Å². The molecule has 0 aliphatic carbocycles. The minimum Gasteiger partial charge on any atom is -0.224 e. The summed E-state index contributed by atoms with van der Waals surface area (Å²) in [6.45, 7) is -1.16. The first kappa shape index (κ1) is 5.55. The molecule has 0 saturated heterocycles. The molecule has 0 spiro atoms. The monoisotopic (exact) mass is 111 g/mol. The van der Waals surface area contributed by atoms with E-state index < -0.39 is 17.3 Å². The van der Waals surface area contributed by atoms with Crippen molar-refractivity contribution in [2.75, 3.05) is 6.80 Å². The van der Waals surface area contributed by atoms with Crippen LogP contribution in [-0.4, -0.2) is 15.2 Å². The number of alkyl halides is 1. The maximum atomic E-state index is 10.7. The van der Waals surface area contributed by atoms with E-state index in [1.54, 1.807) is 0 Å². The second-order valence-electron chi connectivity index (χ2n) is 0.466. The fourth-order valence-electron chi connectivity index (χ4n) is 0.0398. The summed E-state index contributed by atoms with van der Waals surface area (Å²) in [5, 5.41) is 0. The lowest BCUT2D eigenvalue weighted by Gasteiger charge is -1.56. The molecular weight excluding hydrogens is 109 g/mol. The van der Waals surface area contributed by atoms with E-state index in [4.69, 9.17) is 0 Å². The second kappa shape index (κ2) is 2.77. The molecule has 0 aliphatic rings. The van der Waals surface area contributed by atoms with Gasteiger partial charge in [0.05, 0.1) is 0 Å². The lowest BCUT2D eigenvalue weighted by molar-refractivity contribution is 0.511. The predicted molar refractivity (Wildman–Crippen MR) is 17.3 cm³/mol. The Bertz CT molecular complexity index is 128. The molecule has 0 N–H and O–H groups in total. The molecule has 0 aromatic rings. The van der Waals surface area contributed by atoms with Crippen molar-refractivity contribution < 1.29 is 12.8 Å². The highest BCUT2D eigenvalue weighted by Gasteiger charge is 1.63. The first-order valence-corrected chi connectivity index (χ1v) is 2.13. The Labute approximate surface area is 35.5 Å². The van der Waals surface area contributed by atoms with Crippen molar-refractivity contribution in [3.63, 3.8) is 0 Å². The molecule has 0 unspecified atom stereocenters. The van der Waals surface area contributed by atoms with E-state index in [-0.39, 0.29) is 0 Å². The van der Waals surface area contributed by atoms with Crippen LogP contribution in [0.4, 0.5) is 4.39 Å². The molecule has 36 valence electrons. The summed E-state index contributed by atoms with van der Waals surface area (Å²) in [6, 6.07) is 0. The lowest BCUT2D eigenvalue weighted by Crippen LogP contribution is -1.58. The van der Waals surface area contributed by atoms with Crippen LogP contribution in [0.3, 0.4) is 0 Å². The van der Waals surface area contributed by atoms with Crippen LogP contribution in [0.15, 0.2) is 4.36 Å². The molecule has 0 radical (unpaired) electrons. The summed E-state index contributed by atoms with van der Waals surface area (Å²) in [5.41, 5.74) is 0. The summed E-state index contributed by atoms with van der Waals surface area (Å²) in [5.74, 6) is 0. The van der Waals surface area contributed by atoms with Gasteiger partial charge in [0, 0.05) is 0 Å². The van der Waals surface area contributed by atoms with Crippen molar-refractivity contribution in [3.05, 3.63) is 0 Å². The van der Waals surface area contributed by atoms with Crippen molar-refractivity contribution in [1.82, 2.24) is 0 Å². The molecule has 0 atom stereocenters. The van der Waals surface area contributed by atoms with Gasteiger partial charge in [0.15, 0.2) is 6.80 Å². The molecule has 0 rings (SSSR count). The largest absolute Gasteiger partial charge is 0.313 e. The minimum atomic E-state index is -2.57. The summed E-state index contributed by atoms with van der Waals surface area (Å²) >= 11 is 0. The quantitative estimate of drug-likeness (QED) is 0.446. The number of halogens is 1. The number of rotatable bonds is 1. The zero-order valence-corrected chi connectivity index (χ0v) is 3.57. The van der Waals surface area contributed by atoms with Gasteiger partial charge >= 0.3 is 10.5 Å². The number of hydrogen-bond donors (Lipinski definition) is 0. The second-order valence-corrected chi connectivity index (χ2v) is 1.16. The Hall–Kier alpha value is -0.450. The molecule has 3 nitrogen and oxygen atoms in total. The van der Waals surface area contributed by atoms with Crippen molar-refractivity contribution in [1.29, 1.82) is 0 Å². The van der Waals surface area contributed by atoms with E-state index in [0.717, 1.165) is 0 Å². The third-order valence-corrected chi connectivity index (χ3v) is 0.463. The fraction of sp³-hybridized carbons (Fsp3) is 1.00. The molecule has 5 heteroatoms. The van der Waals surface area contributed by atoms with Gasteiger partial charge in [-0.05, 0) is 0 Å². The number of nitrogens with zero attached hydrogens (tertiary/aromatic N) is 1. The topological polar surface area (TPSA) is 46.5 Å². The van der Waals surface area contributed by atoms with E-state index in [1.807, 2.05) is 0 Å². The average Bonchev–Trinajstić information content (AvgIpc) is 1.35. The standard InChI is InChI=1S/CH2FNO2S/c2-1-3-6(4)5/h1H2. The van der Waals surface area contributed by atoms with Gasteiger partial charge in [0.1, 0.15) is 0 Å². The first-order valence-electron chi connectivity index (χ1n) is 1.10. The van der Waals surface area contributed by atoms with Crippen LogP contribution in [-0.2, 0) is 10.5 Å². The highest BCUT2D eigenvalue weighted by atomic mass is 32.2. The van der Waals surface area contributed by atoms with Crippen LogP contribution in [0.2, 0.25) is 0 Å². The maximum absolute atomic E-state index is 10.7. The zero-order valence-electron chi connectivity index (χ0n) is 2.76. The maximum Gasteiger partial charge on any atom is 0.313 e. The Morgan fingerprint density at radius 2 is 2.17 bits per heavy atom. The Morgan fingerprint density at radius 3 is 2.17 bits per heavy atom. The summed E-state index contributed by atoms with van der Waals surface area (Å²) in [6.07, 6.45) is 0. The molecule has 0 saturated carbocycles. The number of hydrogen-bond acceptors (Lipinski definition) is 3. The van der Waals surface area contributed by atoms with Crippen LogP contribution in [0.25, 0.3) is 0 Å². The summed E-state index contributed by atoms with van der Waals surface area (Å²) < 4.78 is 31.4. The normalized spacial score (nSPS) is 7.50. The first-order chi connectivity index (χ1) is 2.77. The van der Waals surface area contributed by atoms with Gasteiger partial charge in [-0.2, -0.15) is 8.42 Å². The highest BCUT2D eigenvalue weighted by molar-refractivity contribution is 7.61. The van der Waals surface area contributed by atoms with E-state index in [9.17, 15) is 12.8 Å². The molecule has 0 aromatic carbocycles. The van der Waals surface area contributed by atoms with E-state index in [0.29, 0.717) is 0 Å². The molecule has 0 aliphatic heterocycles.